The summed E-state index contributed by atoms with van der Waals surface area (Å²) >= 11 is 0. The minimum Gasteiger partial charge on any atom is -0.478 e. The van der Waals surface area contributed by atoms with Crippen molar-refractivity contribution in [3.05, 3.63) is 35.6 Å². The highest BCUT2D eigenvalue weighted by molar-refractivity contribution is 6.03. The largest absolute Gasteiger partial charge is 0.478 e. The fourth-order valence-corrected chi connectivity index (χ4v) is 3.08. The summed E-state index contributed by atoms with van der Waals surface area (Å²) in [5.41, 5.74) is 0.817. The Morgan fingerprint density at radius 3 is 2.86 bits per heavy atom. The van der Waals surface area contributed by atoms with E-state index in [0.29, 0.717) is 29.8 Å². The molecule has 0 spiro atoms. The Kier molecular flexibility index (Phi) is 3.94. The molecule has 5 heteroatoms. The number of carbonyl (C=O) groups is 1. The maximum atomic E-state index is 11.4. The molecule has 1 saturated carbocycles. The highest BCUT2D eigenvalue weighted by atomic mass is 16.4. The molecule has 0 radical (unpaired) electrons. The molecule has 1 aliphatic rings. The van der Waals surface area contributed by atoms with Crippen LogP contribution in [0.2, 0.25) is 0 Å². The summed E-state index contributed by atoms with van der Waals surface area (Å²) in [6.45, 7) is 1.04. The number of carboxylic acid groups (broad SMARTS) is 1. The van der Waals surface area contributed by atoms with Crippen LogP contribution >= 0.6 is 0 Å². The molecule has 3 N–H and O–H groups in total. The number of rotatable bonds is 5. The number of fused-ring (bicyclic) bond motifs is 1. The summed E-state index contributed by atoms with van der Waals surface area (Å²) < 4.78 is 5.65. The minimum absolute atomic E-state index is 0.227. The van der Waals surface area contributed by atoms with Crippen LogP contribution in [0.5, 0.6) is 0 Å². The van der Waals surface area contributed by atoms with Crippen LogP contribution in [0, 0.1) is 5.92 Å². The second kappa shape index (κ2) is 5.87. The Bertz CT molecular complexity index is 649. The number of benzene rings is 1. The molecule has 1 fully saturated rings. The first-order valence-electron chi connectivity index (χ1n) is 7.29. The van der Waals surface area contributed by atoms with Crippen LogP contribution in [0.15, 0.2) is 28.7 Å². The fourth-order valence-electron chi connectivity index (χ4n) is 3.08. The molecule has 0 amide bonds. The van der Waals surface area contributed by atoms with Crippen molar-refractivity contribution < 1.29 is 19.4 Å². The maximum Gasteiger partial charge on any atom is 0.339 e. The van der Waals surface area contributed by atoms with Gasteiger partial charge in [-0.25, -0.2) is 4.79 Å². The molecule has 21 heavy (non-hydrogen) atoms. The summed E-state index contributed by atoms with van der Waals surface area (Å²) in [4.78, 5) is 11.4. The SMILES string of the molecule is O=C(O)c1c(CNCC2CCCC2O)oc2ccccc12. The quantitative estimate of drug-likeness (QED) is 0.787. The van der Waals surface area contributed by atoms with Crippen molar-refractivity contribution in [1.82, 2.24) is 5.32 Å². The van der Waals surface area contributed by atoms with Crippen molar-refractivity contribution >= 4 is 16.9 Å². The Hall–Kier alpha value is -1.85. The first-order chi connectivity index (χ1) is 10.2. The minimum atomic E-state index is -0.974. The predicted octanol–water partition coefficient (Wildman–Crippen LogP) is 2.38. The molecule has 1 aliphatic carbocycles. The number of nitrogens with one attached hydrogen (secondary N) is 1. The molecule has 0 saturated heterocycles. The fraction of sp³-hybridized carbons (Fsp3) is 0.438. The second-order valence-corrected chi connectivity index (χ2v) is 5.59. The zero-order valence-corrected chi connectivity index (χ0v) is 11.7. The molecule has 0 bridgehead atoms. The van der Waals surface area contributed by atoms with E-state index in [2.05, 4.69) is 5.32 Å². The van der Waals surface area contributed by atoms with E-state index in [1.807, 2.05) is 6.07 Å². The van der Waals surface area contributed by atoms with E-state index in [1.54, 1.807) is 18.2 Å². The third kappa shape index (κ3) is 2.80. The van der Waals surface area contributed by atoms with Gasteiger partial charge in [-0.3, -0.25) is 0 Å². The monoisotopic (exact) mass is 289 g/mol. The first kappa shape index (κ1) is 14.1. The highest BCUT2D eigenvalue weighted by Crippen LogP contribution is 2.27. The summed E-state index contributed by atoms with van der Waals surface area (Å²) in [5.74, 6) is -0.281. The lowest BCUT2D eigenvalue weighted by Crippen LogP contribution is -2.27. The van der Waals surface area contributed by atoms with Gasteiger partial charge in [0.15, 0.2) is 0 Å². The number of aliphatic hydroxyl groups is 1. The van der Waals surface area contributed by atoms with Crippen LogP contribution in [0.1, 0.15) is 35.4 Å². The molecular formula is C16H19NO4. The standard InChI is InChI=1S/C16H19NO4/c18-12-6-3-4-10(12)8-17-9-14-15(16(19)20)11-5-1-2-7-13(11)21-14/h1-2,5,7,10,12,17-18H,3-4,6,8-9H2,(H,19,20). The van der Waals surface area contributed by atoms with Gasteiger partial charge in [-0.05, 0) is 24.8 Å². The molecule has 5 nitrogen and oxygen atoms in total. The highest BCUT2D eigenvalue weighted by Gasteiger charge is 2.25. The lowest BCUT2D eigenvalue weighted by Gasteiger charge is -2.14. The Morgan fingerprint density at radius 2 is 2.14 bits per heavy atom. The van der Waals surface area contributed by atoms with E-state index >= 15 is 0 Å². The van der Waals surface area contributed by atoms with Crippen molar-refractivity contribution in [1.29, 1.82) is 0 Å². The average molecular weight is 289 g/mol. The molecule has 112 valence electrons. The number of carboxylic acids is 1. The molecule has 2 unspecified atom stereocenters. The zero-order valence-electron chi connectivity index (χ0n) is 11.7. The van der Waals surface area contributed by atoms with Crippen LogP contribution < -0.4 is 5.32 Å². The Balaban J connectivity index is 1.74. The third-order valence-electron chi connectivity index (χ3n) is 4.19. The van der Waals surface area contributed by atoms with Crippen molar-refractivity contribution in [2.45, 2.75) is 31.9 Å². The van der Waals surface area contributed by atoms with Crippen molar-refractivity contribution in [3.8, 4) is 0 Å². The predicted molar refractivity (Wildman–Crippen MR) is 78.2 cm³/mol. The Morgan fingerprint density at radius 1 is 1.33 bits per heavy atom. The van der Waals surface area contributed by atoms with Gasteiger partial charge >= 0.3 is 5.97 Å². The van der Waals surface area contributed by atoms with Gasteiger partial charge in [0.2, 0.25) is 0 Å². The van der Waals surface area contributed by atoms with Crippen LogP contribution in [0.4, 0.5) is 0 Å². The van der Waals surface area contributed by atoms with Gasteiger partial charge < -0.3 is 19.9 Å². The molecule has 2 aromatic rings. The number of aliphatic hydroxyl groups excluding tert-OH is 1. The first-order valence-corrected chi connectivity index (χ1v) is 7.29. The van der Waals surface area contributed by atoms with Crippen LogP contribution in [-0.4, -0.2) is 28.8 Å². The third-order valence-corrected chi connectivity index (χ3v) is 4.19. The topological polar surface area (TPSA) is 82.7 Å². The summed E-state index contributed by atoms with van der Waals surface area (Å²) in [7, 11) is 0. The molecular weight excluding hydrogens is 270 g/mol. The summed E-state index contributed by atoms with van der Waals surface area (Å²) in [6, 6.07) is 7.15. The zero-order chi connectivity index (χ0) is 14.8. The van der Waals surface area contributed by atoms with Gasteiger partial charge in [0.1, 0.15) is 16.9 Å². The average Bonchev–Trinajstić information content (AvgIpc) is 3.02. The normalized spacial score (nSPS) is 22.0. The number of furan rings is 1. The number of hydrogen-bond donors (Lipinski definition) is 3. The van der Waals surface area contributed by atoms with Crippen LogP contribution in [0.3, 0.4) is 0 Å². The summed E-state index contributed by atoms with van der Waals surface area (Å²) in [5, 5.41) is 23.0. The Labute approximate surface area is 122 Å². The smallest absolute Gasteiger partial charge is 0.339 e. The lowest BCUT2D eigenvalue weighted by atomic mass is 10.1. The summed E-state index contributed by atoms with van der Waals surface area (Å²) in [6.07, 6.45) is 2.68. The number of hydrogen-bond acceptors (Lipinski definition) is 4. The number of aromatic carboxylic acids is 1. The van der Waals surface area contributed by atoms with E-state index in [1.165, 1.54) is 0 Å². The van der Waals surface area contributed by atoms with Gasteiger partial charge in [-0.1, -0.05) is 24.6 Å². The maximum absolute atomic E-state index is 11.4. The van der Waals surface area contributed by atoms with Gasteiger partial charge in [0, 0.05) is 11.9 Å². The molecule has 3 rings (SSSR count). The van der Waals surface area contributed by atoms with Crippen molar-refractivity contribution in [3.63, 3.8) is 0 Å². The van der Waals surface area contributed by atoms with Gasteiger partial charge in [-0.2, -0.15) is 0 Å². The van der Waals surface area contributed by atoms with E-state index in [-0.39, 0.29) is 17.6 Å². The van der Waals surface area contributed by atoms with E-state index in [9.17, 15) is 15.0 Å². The number of para-hydroxylation sites is 1. The van der Waals surface area contributed by atoms with Crippen molar-refractivity contribution in [2.75, 3.05) is 6.54 Å². The molecule has 0 aliphatic heterocycles. The van der Waals surface area contributed by atoms with E-state index < -0.39 is 5.97 Å². The van der Waals surface area contributed by atoms with Gasteiger partial charge in [0.05, 0.1) is 12.6 Å². The molecule has 1 aromatic carbocycles. The van der Waals surface area contributed by atoms with Crippen molar-refractivity contribution in [2.24, 2.45) is 5.92 Å². The van der Waals surface area contributed by atoms with Crippen LogP contribution in [-0.2, 0) is 6.54 Å². The second-order valence-electron chi connectivity index (χ2n) is 5.59. The van der Waals surface area contributed by atoms with E-state index in [0.717, 1.165) is 19.3 Å². The van der Waals surface area contributed by atoms with Gasteiger partial charge in [-0.15, -0.1) is 0 Å². The van der Waals surface area contributed by atoms with Crippen LogP contribution in [0.25, 0.3) is 11.0 Å². The van der Waals surface area contributed by atoms with Gasteiger partial charge in [0.25, 0.3) is 0 Å². The lowest BCUT2D eigenvalue weighted by molar-refractivity contribution is 0.0695. The van der Waals surface area contributed by atoms with E-state index in [4.69, 9.17) is 4.42 Å². The molecule has 2 atom stereocenters. The molecule has 1 aromatic heterocycles. The molecule has 1 heterocycles.